The number of aryl methyl sites for hydroxylation is 1. The molecule has 0 radical (unpaired) electrons. The van der Waals surface area contributed by atoms with Gasteiger partial charge in [0.1, 0.15) is 0 Å². The SMILES string of the molecule is Cc1ccccc1/C=N/NC(=O)c1ccc2c(c1)OCCCO2. The summed E-state index contributed by atoms with van der Waals surface area (Å²) in [4.78, 5) is 12.2. The van der Waals surface area contributed by atoms with Crippen LogP contribution in [0.2, 0.25) is 0 Å². The van der Waals surface area contributed by atoms with Crippen molar-refractivity contribution in [2.24, 2.45) is 5.10 Å². The van der Waals surface area contributed by atoms with Gasteiger partial charge in [0.2, 0.25) is 0 Å². The zero-order valence-corrected chi connectivity index (χ0v) is 12.9. The van der Waals surface area contributed by atoms with E-state index in [1.54, 1.807) is 24.4 Å². The highest BCUT2D eigenvalue weighted by molar-refractivity contribution is 5.95. The number of rotatable bonds is 3. The summed E-state index contributed by atoms with van der Waals surface area (Å²) >= 11 is 0. The van der Waals surface area contributed by atoms with E-state index < -0.39 is 0 Å². The maximum Gasteiger partial charge on any atom is 0.271 e. The van der Waals surface area contributed by atoms with Crippen LogP contribution in [0.25, 0.3) is 0 Å². The number of carbonyl (C=O) groups is 1. The van der Waals surface area contributed by atoms with Gasteiger partial charge in [-0.15, -0.1) is 0 Å². The molecule has 3 rings (SSSR count). The van der Waals surface area contributed by atoms with Crippen molar-refractivity contribution in [2.75, 3.05) is 13.2 Å². The predicted octanol–water partition coefficient (Wildman–Crippen LogP) is 2.92. The molecule has 1 heterocycles. The number of nitrogens with one attached hydrogen (secondary N) is 1. The van der Waals surface area contributed by atoms with Gasteiger partial charge < -0.3 is 9.47 Å². The number of carbonyl (C=O) groups excluding carboxylic acids is 1. The molecule has 0 saturated carbocycles. The second-order valence-corrected chi connectivity index (χ2v) is 5.27. The van der Waals surface area contributed by atoms with Crippen LogP contribution in [0.1, 0.15) is 27.9 Å². The maximum atomic E-state index is 12.2. The lowest BCUT2D eigenvalue weighted by Gasteiger charge is -2.08. The van der Waals surface area contributed by atoms with Gasteiger partial charge in [-0.25, -0.2) is 5.43 Å². The van der Waals surface area contributed by atoms with Crippen molar-refractivity contribution < 1.29 is 14.3 Å². The molecular weight excluding hydrogens is 292 g/mol. The average molecular weight is 310 g/mol. The number of amides is 1. The summed E-state index contributed by atoms with van der Waals surface area (Å²) in [5.41, 5.74) is 5.08. The van der Waals surface area contributed by atoms with Crippen LogP contribution < -0.4 is 14.9 Å². The fraction of sp³-hybridized carbons (Fsp3) is 0.222. The summed E-state index contributed by atoms with van der Waals surface area (Å²) < 4.78 is 11.1. The Morgan fingerprint density at radius 1 is 1.13 bits per heavy atom. The van der Waals surface area contributed by atoms with Crippen molar-refractivity contribution in [1.29, 1.82) is 0 Å². The summed E-state index contributed by atoms with van der Waals surface area (Å²) in [6, 6.07) is 13.0. The van der Waals surface area contributed by atoms with Gasteiger partial charge in [0, 0.05) is 12.0 Å². The number of hydrogen-bond acceptors (Lipinski definition) is 4. The van der Waals surface area contributed by atoms with Crippen LogP contribution in [-0.2, 0) is 0 Å². The summed E-state index contributed by atoms with van der Waals surface area (Å²) in [5.74, 6) is 0.978. The highest BCUT2D eigenvalue weighted by atomic mass is 16.5. The van der Waals surface area contributed by atoms with E-state index in [2.05, 4.69) is 10.5 Å². The molecular formula is C18H18N2O3. The topological polar surface area (TPSA) is 59.9 Å². The number of fused-ring (bicyclic) bond motifs is 1. The second-order valence-electron chi connectivity index (χ2n) is 5.27. The molecule has 0 aromatic heterocycles. The maximum absolute atomic E-state index is 12.2. The minimum Gasteiger partial charge on any atom is -0.490 e. The smallest absolute Gasteiger partial charge is 0.271 e. The molecule has 2 aromatic rings. The van der Waals surface area contributed by atoms with Crippen LogP contribution in [0.3, 0.4) is 0 Å². The standard InChI is InChI=1S/C18H18N2O3/c1-13-5-2-3-6-15(13)12-19-20-18(21)14-7-8-16-17(11-14)23-10-4-9-22-16/h2-3,5-8,11-12H,4,9-10H2,1H3,(H,20,21)/b19-12+. The van der Waals surface area contributed by atoms with Gasteiger partial charge in [-0.2, -0.15) is 5.10 Å². The van der Waals surface area contributed by atoms with Crippen molar-refractivity contribution in [3.05, 3.63) is 59.2 Å². The normalized spacial score (nSPS) is 13.6. The fourth-order valence-corrected chi connectivity index (χ4v) is 2.26. The van der Waals surface area contributed by atoms with E-state index in [0.717, 1.165) is 17.5 Å². The van der Waals surface area contributed by atoms with E-state index in [-0.39, 0.29) is 5.91 Å². The minimum atomic E-state index is -0.287. The molecule has 0 spiro atoms. The first-order valence-electron chi connectivity index (χ1n) is 7.53. The zero-order chi connectivity index (χ0) is 16.1. The molecule has 118 valence electrons. The van der Waals surface area contributed by atoms with Crippen LogP contribution >= 0.6 is 0 Å². The first kappa shape index (κ1) is 15.1. The van der Waals surface area contributed by atoms with Gasteiger partial charge in [-0.3, -0.25) is 4.79 Å². The number of hydrogen-bond donors (Lipinski definition) is 1. The van der Waals surface area contributed by atoms with Gasteiger partial charge in [-0.1, -0.05) is 24.3 Å². The van der Waals surface area contributed by atoms with Crippen molar-refractivity contribution in [1.82, 2.24) is 5.43 Å². The molecule has 5 heteroatoms. The summed E-state index contributed by atoms with van der Waals surface area (Å²) in [6.07, 6.45) is 2.47. The highest BCUT2D eigenvalue weighted by Crippen LogP contribution is 2.30. The average Bonchev–Trinajstić information content (AvgIpc) is 2.81. The van der Waals surface area contributed by atoms with Gasteiger partial charge in [0.25, 0.3) is 5.91 Å². The first-order chi connectivity index (χ1) is 11.2. The lowest BCUT2D eigenvalue weighted by Crippen LogP contribution is -2.17. The quantitative estimate of drug-likeness (QED) is 0.700. The van der Waals surface area contributed by atoms with Crippen molar-refractivity contribution >= 4 is 12.1 Å². The Kier molecular flexibility index (Phi) is 4.57. The summed E-state index contributed by atoms with van der Waals surface area (Å²) in [5, 5.41) is 4.01. The summed E-state index contributed by atoms with van der Waals surface area (Å²) in [7, 11) is 0. The van der Waals surface area contributed by atoms with Crippen molar-refractivity contribution in [3.8, 4) is 11.5 Å². The lowest BCUT2D eigenvalue weighted by atomic mass is 10.1. The second kappa shape index (κ2) is 6.96. The Morgan fingerprint density at radius 2 is 1.91 bits per heavy atom. The van der Waals surface area contributed by atoms with E-state index in [0.29, 0.717) is 30.3 Å². The third-order valence-corrected chi connectivity index (χ3v) is 3.57. The van der Waals surface area contributed by atoms with Crippen LogP contribution in [0.15, 0.2) is 47.6 Å². The number of benzene rings is 2. The van der Waals surface area contributed by atoms with E-state index in [4.69, 9.17) is 9.47 Å². The van der Waals surface area contributed by atoms with E-state index in [1.807, 2.05) is 31.2 Å². The van der Waals surface area contributed by atoms with Crippen LogP contribution in [0, 0.1) is 6.92 Å². The Bertz CT molecular complexity index is 741. The van der Waals surface area contributed by atoms with Gasteiger partial charge in [0.15, 0.2) is 11.5 Å². The number of hydrazone groups is 1. The molecule has 0 bridgehead atoms. The Hall–Kier alpha value is -2.82. The van der Waals surface area contributed by atoms with Gasteiger partial charge in [-0.05, 0) is 36.2 Å². The molecule has 23 heavy (non-hydrogen) atoms. The molecule has 1 amide bonds. The van der Waals surface area contributed by atoms with E-state index in [9.17, 15) is 4.79 Å². The number of nitrogens with zero attached hydrogens (tertiary/aromatic N) is 1. The molecule has 0 saturated heterocycles. The monoisotopic (exact) mass is 310 g/mol. The molecule has 0 aliphatic carbocycles. The first-order valence-corrected chi connectivity index (χ1v) is 7.53. The zero-order valence-electron chi connectivity index (χ0n) is 12.9. The van der Waals surface area contributed by atoms with Crippen LogP contribution in [0.4, 0.5) is 0 Å². The molecule has 1 aliphatic rings. The van der Waals surface area contributed by atoms with Gasteiger partial charge in [0.05, 0.1) is 19.4 Å². The van der Waals surface area contributed by atoms with Crippen LogP contribution in [-0.4, -0.2) is 25.3 Å². The van der Waals surface area contributed by atoms with Gasteiger partial charge >= 0.3 is 0 Å². The molecule has 2 aromatic carbocycles. The largest absolute Gasteiger partial charge is 0.490 e. The van der Waals surface area contributed by atoms with E-state index in [1.165, 1.54) is 0 Å². The van der Waals surface area contributed by atoms with E-state index >= 15 is 0 Å². The Morgan fingerprint density at radius 3 is 2.74 bits per heavy atom. The molecule has 1 aliphatic heterocycles. The summed E-state index contributed by atoms with van der Waals surface area (Å²) in [6.45, 7) is 3.20. The predicted molar refractivity (Wildman–Crippen MR) is 88.3 cm³/mol. The molecule has 0 atom stereocenters. The van der Waals surface area contributed by atoms with Crippen molar-refractivity contribution in [3.63, 3.8) is 0 Å². The Balaban J connectivity index is 1.69. The third kappa shape index (κ3) is 3.69. The highest BCUT2D eigenvalue weighted by Gasteiger charge is 2.13. The third-order valence-electron chi connectivity index (χ3n) is 3.57. The minimum absolute atomic E-state index is 0.287. The number of ether oxygens (including phenoxy) is 2. The van der Waals surface area contributed by atoms with Crippen LogP contribution in [0.5, 0.6) is 11.5 Å². The Labute approximate surface area is 134 Å². The van der Waals surface area contributed by atoms with Crippen molar-refractivity contribution in [2.45, 2.75) is 13.3 Å². The molecule has 0 unspecified atom stereocenters. The fourth-order valence-electron chi connectivity index (χ4n) is 2.26. The lowest BCUT2D eigenvalue weighted by molar-refractivity contribution is 0.0954. The molecule has 1 N–H and O–H groups in total. The molecule has 5 nitrogen and oxygen atoms in total. The molecule has 0 fully saturated rings.